The molecular weight excluding hydrogens is 132 g/mol. The van der Waals surface area contributed by atoms with Crippen molar-refractivity contribution in [3.05, 3.63) is 24.8 Å². The van der Waals surface area contributed by atoms with Gasteiger partial charge in [-0.25, -0.2) is 0 Å². The molecule has 1 heteroatoms. The van der Waals surface area contributed by atoms with Crippen LogP contribution in [-0.4, -0.2) is 5.88 Å². The molecule has 0 amide bonds. The Labute approximate surface area is 62.2 Å². The number of rotatable bonds is 4. The van der Waals surface area contributed by atoms with Gasteiger partial charge in [0.05, 0.1) is 0 Å². The minimum atomic E-state index is 0.503. The van der Waals surface area contributed by atoms with Crippen molar-refractivity contribution in [1.82, 2.24) is 0 Å². The summed E-state index contributed by atoms with van der Waals surface area (Å²) < 4.78 is 0. The number of allylic oxidation sites excluding steroid dienone is 3. The Morgan fingerprint density at radius 1 is 1.67 bits per heavy atom. The van der Waals surface area contributed by atoms with Gasteiger partial charge in [0.2, 0.25) is 0 Å². The Morgan fingerprint density at radius 3 is 2.67 bits per heavy atom. The molecule has 0 nitrogen and oxygen atoms in total. The molecule has 0 aliphatic carbocycles. The van der Waals surface area contributed by atoms with E-state index >= 15 is 0 Å². The lowest BCUT2D eigenvalue weighted by Crippen LogP contribution is -1.86. The smallest absolute Gasteiger partial charge is 0.0404 e. The lowest BCUT2D eigenvalue weighted by atomic mass is 10.1. The first-order chi connectivity index (χ1) is 4.35. The van der Waals surface area contributed by atoms with Crippen LogP contribution in [0.1, 0.15) is 13.3 Å². The van der Waals surface area contributed by atoms with Crippen molar-refractivity contribution < 1.29 is 0 Å². The zero-order chi connectivity index (χ0) is 7.11. The van der Waals surface area contributed by atoms with Crippen LogP contribution in [0.5, 0.6) is 0 Å². The van der Waals surface area contributed by atoms with Crippen molar-refractivity contribution in [2.45, 2.75) is 13.3 Å². The number of halogens is 1. The molecule has 0 aromatic carbocycles. The predicted octanol–water partition coefficient (Wildman–Crippen LogP) is 2.99. The second-order valence-electron chi connectivity index (χ2n) is 1.89. The molecule has 0 N–H and O–H groups in total. The van der Waals surface area contributed by atoms with Crippen LogP contribution in [0.25, 0.3) is 0 Å². The molecular formula is C8H13Cl. The third-order valence-corrected chi connectivity index (χ3v) is 1.42. The summed E-state index contributed by atoms with van der Waals surface area (Å²) in [6, 6.07) is 0. The Hall–Kier alpha value is -0.230. The summed E-state index contributed by atoms with van der Waals surface area (Å²) in [5.41, 5.74) is 0. The fraction of sp³-hybridized carbons (Fsp3) is 0.500. The van der Waals surface area contributed by atoms with Gasteiger partial charge >= 0.3 is 0 Å². The van der Waals surface area contributed by atoms with Crippen LogP contribution >= 0.6 is 11.6 Å². The Balaban J connectivity index is 3.54. The maximum atomic E-state index is 5.44. The highest BCUT2D eigenvalue weighted by Gasteiger charge is 1.90. The lowest BCUT2D eigenvalue weighted by Gasteiger charge is -1.99. The highest BCUT2D eigenvalue weighted by atomic mass is 35.5. The van der Waals surface area contributed by atoms with E-state index in [1.807, 2.05) is 12.2 Å². The van der Waals surface area contributed by atoms with Crippen molar-refractivity contribution in [1.29, 1.82) is 0 Å². The Kier molecular flexibility index (Phi) is 5.75. The van der Waals surface area contributed by atoms with Crippen molar-refractivity contribution in [3.8, 4) is 0 Å². The van der Waals surface area contributed by atoms with Crippen LogP contribution in [0, 0.1) is 5.92 Å². The minimum absolute atomic E-state index is 0.503. The minimum Gasteiger partial charge on any atom is -0.122 e. The van der Waals surface area contributed by atoms with Gasteiger partial charge in [-0.1, -0.05) is 25.2 Å². The topological polar surface area (TPSA) is 0 Å². The highest BCUT2D eigenvalue weighted by molar-refractivity contribution is 6.18. The average Bonchev–Trinajstić information content (AvgIpc) is 1.91. The molecule has 52 valence electrons. The van der Waals surface area contributed by atoms with Gasteiger partial charge in [0, 0.05) is 5.88 Å². The molecule has 0 saturated carbocycles. The van der Waals surface area contributed by atoms with Crippen LogP contribution < -0.4 is 0 Å². The highest BCUT2D eigenvalue weighted by Crippen LogP contribution is 2.04. The quantitative estimate of drug-likeness (QED) is 0.421. The maximum absolute atomic E-state index is 5.44. The van der Waals surface area contributed by atoms with Crippen LogP contribution in [-0.2, 0) is 0 Å². The number of hydrogen-bond donors (Lipinski definition) is 0. The lowest BCUT2D eigenvalue weighted by molar-refractivity contribution is 0.775. The summed E-state index contributed by atoms with van der Waals surface area (Å²) >= 11 is 5.44. The summed E-state index contributed by atoms with van der Waals surface area (Å²) in [6.45, 7) is 5.82. The zero-order valence-corrected chi connectivity index (χ0v) is 6.56. The molecule has 0 radical (unpaired) electrons. The molecule has 0 rings (SSSR count). The van der Waals surface area contributed by atoms with Crippen LogP contribution in [0.4, 0.5) is 0 Å². The summed E-state index contributed by atoms with van der Waals surface area (Å²) in [7, 11) is 0. The van der Waals surface area contributed by atoms with E-state index in [0.717, 1.165) is 6.42 Å². The summed E-state index contributed by atoms with van der Waals surface area (Å²) in [6.07, 6.45) is 7.08. The molecule has 0 aliphatic rings. The average molecular weight is 145 g/mol. The molecule has 0 bridgehead atoms. The molecule has 0 aromatic rings. The van der Waals surface area contributed by atoms with Crippen molar-refractivity contribution in [3.63, 3.8) is 0 Å². The summed E-state index contributed by atoms with van der Waals surface area (Å²) in [5.74, 6) is 1.10. The molecule has 0 heterocycles. The molecule has 0 aliphatic heterocycles. The van der Waals surface area contributed by atoms with Crippen LogP contribution in [0.3, 0.4) is 0 Å². The van der Waals surface area contributed by atoms with Crippen molar-refractivity contribution in [2.75, 3.05) is 5.88 Å². The van der Waals surface area contributed by atoms with Gasteiger partial charge in [-0.2, -0.15) is 0 Å². The van der Waals surface area contributed by atoms with E-state index in [9.17, 15) is 0 Å². The summed E-state index contributed by atoms with van der Waals surface area (Å²) in [5, 5.41) is 0. The van der Waals surface area contributed by atoms with E-state index < -0.39 is 0 Å². The van der Waals surface area contributed by atoms with Crippen LogP contribution in [0.2, 0.25) is 0 Å². The van der Waals surface area contributed by atoms with Gasteiger partial charge < -0.3 is 0 Å². The molecule has 9 heavy (non-hydrogen) atoms. The van der Waals surface area contributed by atoms with Crippen LogP contribution in [0.15, 0.2) is 24.8 Å². The first-order valence-corrected chi connectivity index (χ1v) is 3.73. The standard InChI is InChI=1S/C8H13Cl/c1-3-8(4-2)6-5-7-9/h3,5-6,8H,1,4,7H2,2H3. The molecule has 0 fully saturated rings. The van der Waals surface area contributed by atoms with Gasteiger partial charge in [-0.05, 0) is 12.3 Å². The van der Waals surface area contributed by atoms with Gasteiger partial charge in [-0.15, -0.1) is 18.2 Å². The third-order valence-electron chi connectivity index (χ3n) is 1.25. The van der Waals surface area contributed by atoms with E-state index in [1.54, 1.807) is 0 Å². The fourth-order valence-electron chi connectivity index (χ4n) is 0.608. The van der Waals surface area contributed by atoms with E-state index in [0.29, 0.717) is 11.8 Å². The van der Waals surface area contributed by atoms with Gasteiger partial charge in [0.25, 0.3) is 0 Å². The molecule has 0 saturated heterocycles. The normalized spacial score (nSPS) is 14.0. The third kappa shape index (κ3) is 4.28. The van der Waals surface area contributed by atoms with E-state index in [1.165, 1.54) is 0 Å². The largest absolute Gasteiger partial charge is 0.122 e. The Bertz CT molecular complexity index is 94.7. The van der Waals surface area contributed by atoms with E-state index in [2.05, 4.69) is 19.6 Å². The summed E-state index contributed by atoms with van der Waals surface area (Å²) in [4.78, 5) is 0. The monoisotopic (exact) mass is 144 g/mol. The first kappa shape index (κ1) is 8.77. The predicted molar refractivity (Wildman–Crippen MR) is 43.8 cm³/mol. The van der Waals surface area contributed by atoms with Gasteiger partial charge in [0.15, 0.2) is 0 Å². The molecule has 1 atom stereocenters. The second-order valence-corrected chi connectivity index (χ2v) is 2.20. The number of alkyl halides is 1. The maximum Gasteiger partial charge on any atom is 0.0404 e. The Morgan fingerprint density at radius 2 is 2.33 bits per heavy atom. The molecule has 0 spiro atoms. The molecule has 1 unspecified atom stereocenters. The van der Waals surface area contributed by atoms with Crippen molar-refractivity contribution >= 4 is 11.6 Å². The van der Waals surface area contributed by atoms with Gasteiger partial charge in [-0.3, -0.25) is 0 Å². The number of hydrogen-bond acceptors (Lipinski definition) is 0. The fourth-order valence-corrected chi connectivity index (χ4v) is 0.710. The van der Waals surface area contributed by atoms with E-state index in [-0.39, 0.29) is 0 Å². The zero-order valence-electron chi connectivity index (χ0n) is 5.81. The van der Waals surface area contributed by atoms with E-state index in [4.69, 9.17) is 11.6 Å². The second kappa shape index (κ2) is 5.90. The first-order valence-electron chi connectivity index (χ1n) is 3.20. The SMILES string of the molecule is C=CC(C=CCCl)CC. The van der Waals surface area contributed by atoms with Gasteiger partial charge in [0.1, 0.15) is 0 Å². The molecule has 0 aromatic heterocycles. The van der Waals surface area contributed by atoms with Crippen molar-refractivity contribution in [2.24, 2.45) is 5.92 Å².